The van der Waals surface area contributed by atoms with Crippen LogP contribution in [0.3, 0.4) is 0 Å². The van der Waals surface area contributed by atoms with Gasteiger partial charge in [0.1, 0.15) is 0 Å². The molecule has 0 aromatic heterocycles. The zero-order valence-corrected chi connectivity index (χ0v) is 9.55. The summed E-state index contributed by atoms with van der Waals surface area (Å²) in [5.41, 5.74) is 2.49. The second-order valence-electron chi connectivity index (χ2n) is 3.33. The van der Waals surface area contributed by atoms with Gasteiger partial charge in [-0.05, 0) is 25.8 Å². The van der Waals surface area contributed by atoms with E-state index in [-0.39, 0.29) is 6.10 Å². The summed E-state index contributed by atoms with van der Waals surface area (Å²) in [6.45, 7) is 4.83. The van der Waals surface area contributed by atoms with Crippen LogP contribution in [0.15, 0.2) is 24.3 Å². The third-order valence-corrected chi connectivity index (χ3v) is 2.41. The summed E-state index contributed by atoms with van der Waals surface area (Å²) in [6.07, 6.45) is 1.02. The van der Waals surface area contributed by atoms with Gasteiger partial charge in [-0.25, -0.2) is 0 Å². The first-order valence-electron chi connectivity index (χ1n) is 5.02. The second-order valence-corrected chi connectivity index (χ2v) is 3.71. The van der Waals surface area contributed by atoms with E-state index in [1.807, 2.05) is 6.92 Å². The summed E-state index contributed by atoms with van der Waals surface area (Å²) in [5, 5.41) is 0. The normalized spacial score (nSPS) is 12.8. The van der Waals surface area contributed by atoms with E-state index in [2.05, 4.69) is 31.2 Å². The van der Waals surface area contributed by atoms with E-state index in [1.54, 1.807) is 0 Å². The van der Waals surface area contributed by atoms with Gasteiger partial charge in [-0.1, -0.05) is 29.8 Å². The summed E-state index contributed by atoms with van der Waals surface area (Å²) in [6, 6.07) is 8.44. The third kappa shape index (κ3) is 3.32. The topological polar surface area (TPSA) is 9.23 Å². The van der Waals surface area contributed by atoms with Crippen LogP contribution < -0.4 is 0 Å². The Morgan fingerprint density at radius 1 is 1.29 bits per heavy atom. The molecule has 0 aliphatic carbocycles. The Morgan fingerprint density at radius 3 is 2.43 bits per heavy atom. The Hall–Kier alpha value is -0.530. The van der Waals surface area contributed by atoms with E-state index in [9.17, 15) is 0 Å². The molecule has 0 saturated carbocycles. The van der Waals surface area contributed by atoms with Gasteiger partial charge in [0.15, 0.2) is 0 Å². The van der Waals surface area contributed by atoms with Crippen molar-refractivity contribution >= 4 is 11.6 Å². The number of halogens is 1. The number of rotatable bonds is 5. The fraction of sp³-hybridized carbons (Fsp3) is 0.500. The first kappa shape index (κ1) is 11.5. The summed E-state index contributed by atoms with van der Waals surface area (Å²) < 4.78 is 5.62. The fourth-order valence-corrected chi connectivity index (χ4v) is 1.63. The zero-order chi connectivity index (χ0) is 10.4. The van der Waals surface area contributed by atoms with Crippen LogP contribution in [0.2, 0.25) is 0 Å². The van der Waals surface area contributed by atoms with Crippen molar-refractivity contribution in [2.75, 3.05) is 12.5 Å². The van der Waals surface area contributed by atoms with E-state index in [0.29, 0.717) is 5.88 Å². The maximum absolute atomic E-state index is 5.73. The Bertz CT molecular complexity index is 250. The van der Waals surface area contributed by atoms with Crippen LogP contribution in [0.1, 0.15) is 30.6 Å². The summed E-state index contributed by atoms with van der Waals surface area (Å²) >= 11 is 5.73. The van der Waals surface area contributed by atoms with Crippen molar-refractivity contribution in [1.82, 2.24) is 0 Å². The molecular formula is C12H17ClO. The second kappa shape index (κ2) is 6.05. The highest BCUT2D eigenvalue weighted by Crippen LogP contribution is 2.21. The first-order chi connectivity index (χ1) is 6.77. The third-order valence-electron chi connectivity index (χ3n) is 2.19. The Kier molecular flexibility index (Phi) is 4.99. The van der Waals surface area contributed by atoms with Crippen LogP contribution in [0.5, 0.6) is 0 Å². The van der Waals surface area contributed by atoms with Gasteiger partial charge in [0.05, 0.1) is 6.10 Å². The van der Waals surface area contributed by atoms with Gasteiger partial charge in [0.25, 0.3) is 0 Å². The predicted molar refractivity (Wildman–Crippen MR) is 60.9 cm³/mol. The van der Waals surface area contributed by atoms with Crippen LogP contribution in [0.25, 0.3) is 0 Å². The monoisotopic (exact) mass is 212 g/mol. The maximum atomic E-state index is 5.73. The maximum Gasteiger partial charge on any atom is 0.0836 e. The van der Waals surface area contributed by atoms with Crippen molar-refractivity contribution in [3.63, 3.8) is 0 Å². The van der Waals surface area contributed by atoms with Crippen molar-refractivity contribution < 1.29 is 4.74 Å². The van der Waals surface area contributed by atoms with E-state index in [1.165, 1.54) is 11.1 Å². The molecule has 78 valence electrons. The van der Waals surface area contributed by atoms with Crippen molar-refractivity contribution in [2.45, 2.75) is 26.4 Å². The molecule has 1 aromatic carbocycles. The van der Waals surface area contributed by atoms with Gasteiger partial charge in [-0.2, -0.15) is 0 Å². The van der Waals surface area contributed by atoms with Gasteiger partial charge in [0, 0.05) is 12.5 Å². The highest BCUT2D eigenvalue weighted by molar-refractivity contribution is 6.17. The largest absolute Gasteiger partial charge is 0.374 e. The Labute approximate surface area is 91.0 Å². The van der Waals surface area contributed by atoms with Crippen LogP contribution in [-0.4, -0.2) is 12.5 Å². The molecule has 0 heterocycles. The molecule has 0 amide bonds. The minimum Gasteiger partial charge on any atom is -0.374 e. The summed E-state index contributed by atoms with van der Waals surface area (Å²) in [4.78, 5) is 0. The standard InChI is InChI=1S/C12H17ClO/c1-3-14-12(8-9-13)11-6-4-10(2)5-7-11/h4-7,12H,3,8-9H2,1-2H3/t12-/m1/s1. The summed E-state index contributed by atoms with van der Waals surface area (Å²) in [7, 11) is 0. The first-order valence-corrected chi connectivity index (χ1v) is 5.55. The fourth-order valence-electron chi connectivity index (χ4n) is 1.43. The van der Waals surface area contributed by atoms with Crippen molar-refractivity contribution in [3.05, 3.63) is 35.4 Å². The smallest absolute Gasteiger partial charge is 0.0836 e. The molecule has 1 aromatic rings. The molecule has 0 bridgehead atoms. The van der Waals surface area contributed by atoms with Gasteiger partial charge < -0.3 is 4.74 Å². The molecule has 0 aliphatic rings. The SMILES string of the molecule is CCO[C@H](CCCl)c1ccc(C)cc1. The lowest BCUT2D eigenvalue weighted by Crippen LogP contribution is -2.04. The highest BCUT2D eigenvalue weighted by Gasteiger charge is 2.09. The van der Waals surface area contributed by atoms with Gasteiger partial charge >= 0.3 is 0 Å². The van der Waals surface area contributed by atoms with Gasteiger partial charge in [-0.3, -0.25) is 0 Å². The van der Waals surface area contributed by atoms with E-state index in [4.69, 9.17) is 16.3 Å². The van der Waals surface area contributed by atoms with Gasteiger partial charge in [-0.15, -0.1) is 11.6 Å². The molecule has 1 rings (SSSR count). The van der Waals surface area contributed by atoms with E-state index in [0.717, 1.165) is 13.0 Å². The molecule has 14 heavy (non-hydrogen) atoms. The van der Waals surface area contributed by atoms with Crippen molar-refractivity contribution in [1.29, 1.82) is 0 Å². The molecule has 2 heteroatoms. The number of hydrogen-bond donors (Lipinski definition) is 0. The van der Waals surface area contributed by atoms with E-state index < -0.39 is 0 Å². The molecule has 0 N–H and O–H groups in total. The van der Waals surface area contributed by atoms with E-state index >= 15 is 0 Å². The number of ether oxygens (including phenoxy) is 1. The van der Waals surface area contributed by atoms with Crippen LogP contribution in [0.4, 0.5) is 0 Å². The van der Waals surface area contributed by atoms with Crippen molar-refractivity contribution in [2.24, 2.45) is 0 Å². The average molecular weight is 213 g/mol. The molecule has 0 spiro atoms. The molecule has 0 radical (unpaired) electrons. The molecule has 0 saturated heterocycles. The van der Waals surface area contributed by atoms with Crippen molar-refractivity contribution in [3.8, 4) is 0 Å². The molecular weight excluding hydrogens is 196 g/mol. The minimum atomic E-state index is 0.151. The quantitative estimate of drug-likeness (QED) is 0.677. The van der Waals surface area contributed by atoms with Crippen LogP contribution in [-0.2, 0) is 4.74 Å². The average Bonchev–Trinajstić information content (AvgIpc) is 2.19. The minimum absolute atomic E-state index is 0.151. The zero-order valence-electron chi connectivity index (χ0n) is 8.79. The molecule has 0 unspecified atom stereocenters. The Balaban J connectivity index is 2.71. The molecule has 1 nitrogen and oxygen atoms in total. The number of alkyl halides is 1. The highest BCUT2D eigenvalue weighted by atomic mass is 35.5. The molecule has 0 aliphatic heterocycles. The van der Waals surface area contributed by atoms with Gasteiger partial charge in [0.2, 0.25) is 0 Å². The van der Waals surface area contributed by atoms with Crippen LogP contribution >= 0.6 is 11.6 Å². The lowest BCUT2D eigenvalue weighted by atomic mass is 10.1. The predicted octanol–water partition coefficient (Wildman–Crippen LogP) is 3.70. The molecule has 0 fully saturated rings. The number of aryl methyl sites for hydroxylation is 1. The number of hydrogen-bond acceptors (Lipinski definition) is 1. The Morgan fingerprint density at radius 2 is 1.93 bits per heavy atom. The van der Waals surface area contributed by atoms with Crippen LogP contribution in [0, 0.1) is 6.92 Å². The number of benzene rings is 1. The lowest BCUT2D eigenvalue weighted by Gasteiger charge is -2.16. The summed E-state index contributed by atoms with van der Waals surface area (Å²) in [5.74, 6) is 0.637. The molecule has 1 atom stereocenters. The lowest BCUT2D eigenvalue weighted by molar-refractivity contribution is 0.0604.